The number of carbonyl (C=O) groups excluding carboxylic acids is 1. The van der Waals surface area contributed by atoms with E-state index in [4.69, 9.17) is 4.74 Å². The molecular weight excluding hydrogens is 180 g/mol. The monoisotopic (exact) mass is 196 g/mol. The quantitative estimate of drug-likeness (QED) is 0.702. The van der Waals surface area contributed by atoms with Gasteiger partial charge in [-0.1, -0.05) is 0 Å². The Hall–Kier alpha value is -0.770. The van der Waals surface area contributed by atoms with Crippen LogP contribution >= 0.6 is 0 Å². The van der Waals surface area contributed by atoms with Gasteiger partial charge in [0.05, 0.1) is 6.54 Å². The molecule has 78 valence electrons. The molecule has 3 fully saturated rings. The maximum absolute atomic E-state index is 11.5. The van der Waals surface area contributed by atoms with Gasteiger partial charge < -0.3 is 15.0 Å². The molecule has 3 aliphatic rings. The molecule has 0 bridgehead atoms. The van der Waals surface area contributed by atoms with Gasteiger partial charge in [0.2, 0.25) is 0 Å². The minimum atomic E-state index is -0.0793. The van der Waals surface area contributed by atoms with Crippen molar-refractivity contribution in [2.75, 3.05) is 19.6 Å². The molecule has 0 radical (unpaired) electrons. The highest BCUT2D eigenvalue weighted by Gasteiger charge is 2.43. The van der Waals surface area contributed by atoms with Gasteiger partial charge in [-0.15, -0.1) is 0 Å². The molecule has 2 saturated heterocycles. The van der Waals surface area contributed by atoms with Crippen molar-refractivity contribution in [2.24, 2.45) is 5.92 Å². The lowest BCUT2D eigenvalue weighted by atomic mass is 10.0. The fourth-order valence-electron chi connectivity index (χ4n) is 2.43. The Morgan fingerprint density at radius 3 is 2.86 bits per heavy atom. The maximum atomic E-state index is 11.5. The molecule has 2 aliphatic heterocycles. The highest BCUT2D eigenvalue weighted by molar-refractivity contribution is 5.70. The molecule has 14 heavy (non-hydrogen) atoms. The first-order valence-corrected chi connectivity index (χ1v) is 5.52. The number of hydrogen-bond donors (Lipinski definition) is 1. The number of rotatable bonds is 2. The standard InChI is InChI=1S/C10H16N2O2/c13-10-12(8-1-2-8)6-9(14-10)7-3-4-11-5-7/h7-9,11H,1-6H2. The zero-order valence-corrected chi connectivity index (χ0v) is 8.24. The molecule has 3 rings (SSSR count). The van der Waals surface area contributed by atoms with Crippen molar-refractivity contribution >= 4 is 6.09 Å². The Morgan fingerprint density at radius 2 is 2.21 bits per heavy atom. The predicted octanol–water partition coefficient (Wildman–Crippen LogP) is 0.579. The van der Waals surface area contributed by atoms with E-state index in [1.165, 1.54) is 12.8 Å². The lowest BCUT2D eigenvalue weighted by molar-refractivity contribution is 0.107. The minimum Gasteiger partial charge on any atom is -0.444 e. The van der Waals surface area contributed by atoms with Crippen LogP contribution in [0.2, 0.25) is 0 Å². The van der Waals surface area contributed by atoms with E-state index in [0.29, 0.717) is 12.0 Å². The largest absolute Gasteiger partial charge is 0.444 e. The SMILES string of the molecule is O=C1OC(C2CCNC2)CN1C1CC1. The van der Waals surface area contributed by atoms with Crippen LogP contribution in [0.5, 0.6) is 0 Å². The summed E-state index contributed by atoms with van der Waals surface area (Å²) in [5.41, 5.74) is 0. The van der Waals surface area contributed by atoms with Gasteiger partial charge >= 0.3 is 6.09 Å². The highest BCUT2D eigenvalue weighted by atomic mass is 16.6. The van der Waals surface area contributed by atoms with Gasteiger partial charge in [0.25, 0.3) is 0 Å². The van der Waals surface area contributed by atoms with Gasteiger partial charge in [-0.25, -0.2) is 4.79 Å². The molecular formula is C10H16N2O2. The summed E-state index contributed by atoms with van der Waals surface area (Å²) >= 11 is 0. The van der Waals surface area contributed by atoms with E-state index in [0.717, 1.165) is 26.1 Å². The van der Waals surface area contributed by atoms with E-state index < -0.39 is 0 Å². The van der Waals surface area contributed by atoms with Crippen molar-refractivity contribution in [3.05, 3.63) is 0 Å². The molecule has 2 unspecified atom stereocenters. The third-order valence-electron chi connectivity index (χ3n) is 3.48. The highest BCUT2D eigenvalue weighted by Crippen LogP contribution is 2.33. The molecule has 0 aromatic rings. The van der Waals surface area contributed by atoms with E-state index in [2.05, 4.69) is 5.32 Å². The fourth-order valence-corrected chi connectivity index (χ4v) is 2.43. The average Bonchev–Trinajstić information content (AvgIpc) is 2.75. The van der Waals surface area contributed by atoms with Crippen LogP contribution < -0.4 is 5.32 Å². The van der Waals surface area contributed by atoms with E-state index in [1.54, 1.807) is 0 Å². The summed E-state index contributed by atoms with van der Waals surface area (Å²) in [5.74, 6) is 0.544. The van der Waals surface area contributed by atoms with Crippen molar-refractivity contribution in [1.29, 1.82) is 0 Å². The fraction of sp³-hybridized carbons (Fsp3) is 0.900. The van der Waals surface area contributed by atoms with Crippen LogP contribution in [0.25, 0.3) is 0 Å². The Bertz CT molecular complexity index is 247. The summed E-state index contributed by atoms with van der Waals surface area (Å²) in [7, 11) is 0. The summed E-state index contributed by atoms with van der Waals surface area (Å²) in [6.45, 7) is 2.91. The van der Waals surface area contributed by atoms with Crippen molar-refractivity contribution in [3.8, 4) is 0 Å². The van der Waals surface area contributed by atoms with Crippen molar-refractivity contribution in [2.45, 2.75) is 31.4 Å². The number of cyclic esters (lactones) is 1. The molecule has 4 heteroatoms. The number of amides is 1. The number of nitrogens with zero attached hydrogens (tertiary/aromatic N) is 1. The van der Waals surface area contributed by atoms with Crippen molar-refractivity contribution < 1.29 is 9.53 Å². The van der Waals surface area contributed by atoms with Gasteiger partial charge in [0.15, 0.2) is 0 Å². The van der Waals surface area contributed by atoms with Crippen LogP contribution in [0.1, 0.15) is 19.3 Å². The van der Waals surface area contributed by atoms with Gasteiger partial charge in [-0.2, -0.15) is 0 Å². The van der Waals surface area contributed by atoms with Gasteiger partial charge in [-0.3, -0.25) is 0 Å². The second kappa shape index (κ2) is 3.12. The molecule has 1 amide bonds. The first kappa shape index (κ1) is 8.53. The number of carbonyl (C=O) groups is 1. The van der Waals surface area contributed by atoms with Crippen LogP contribution in [-0.4, -0.2) is 42.8 Å². The summed E-state index contributed by atoms with van der Waals surface area (Å²) in [6, 6.07) is 0.502. The zero-order valence-electron chi connectivity index (χ0n) is 8.24. The van der Waals surface area contributed by atoms with E-state index in [9.17, 15) is 4.79 Å². The molecule has 2 heterocycles. The molecule has 1 aliphatic carbocycles. The Morgan fingerprint density at radius 1 is 1.36 bits per heavy atom. The van der Waals surface area contributed by atoms with Gasteiger partial charge in [-0.05, 0) is 25.8 Å². The average molecular weight is 196 g/mol. The Labute approximate surface area is 83.6 Å². The third-order valence-corrected chi connectivity index (χ3v) is 3.48. The zero-order chi connectivity index (χ0) is 9.54. The summed E-state index contributed by atoms with van der Waals surface area (Å²) in [4.78, 5) is 13.4. The van der Waals surface area contributed by atoms with Gasteiger partial charge in [0.1, 0.15) is 6.10 Å². The molecule has 4 nitrogen and oxygen atoms in total. The molecule has 0 spiro atoms. The first-order chi connectivity index (χ1) is 6.84. The van der Waals surface area contributed by atoms with Crippen molar-refractivity contribution in [1.82, 2.24) is 10.2 Å². The lowest BCUT2D eigenvalue weighted by Gasteiger charge is -2.15. The van der Waals surface area contributed by atoms with E-state index in [-0.39, 0.29) is 12.2 Å². The smallest absolute Gasteiger partial charge is 0.410 e. The maximum Gasteiger partial charge on any atom is 0.410 e. The van der Waals surface area contributed by atoms with Crippen LogP contribution in [0, 0.1) is 5.92 Å². The Kier molecular flexibility index (Phi) is 1.90. The topological polar surface area (TPSA) is 41.6 Å². The van der Waals surface area contributed by atoms with Gasteiger partial charge in [0, 0.05) is 18.5 Å². The van der Waals surface area contributed by atoms with Crippen LogP contribution in [-0.2, 0) is 4.74 Å². The molecule has 1 N–H and O–H groups in total. The van der Waals surface area contributed by atoms with Crippen LogP contribution in [0.4, 0.5) is 4.79 Å². The normalized spacial score (nSPS) is 37.7. The second-order valence-electron chi connectivity index (χ2n) is 4.56. The predicted molar refractivity (Wildman–Crippen MR) is 51.0 cm³/mol. The van der Waals surface area contributed by atoms with Crippen LogP contribution in [0.3, 0.4) is 0 Å². The minimum absolute atomic E-state index is 0.0793. The summed E-state index contributed by atoms with van der Waals surface area (Å²) in [6.07, 6.45) is 3.56. The summed E-state index contributed by atoms with van der Waals surface area (Å²) in [5, 5.41) is 3.31. The molecule has 0 aromatic carbocycles. The third kappa shape index (κ3) is 1.38. The number of nitrogens with one attached hydrogen (secondary N) is 1. The van der Waals surface area contributed by atoms with E-state index >= 15 is 0 Å². The van der Waals surface area contributed by atoms with Crippen LogP contribution in [0.15, 0.2) is 0 Å². The summed E-state index contributed by atoms with van der Waals surface area (Å²) < 4.78 is 5.41. The van der Waals surface area contributed by atoms with Crippen molar-refractivity contribution in [3.63, 3.8) is 0 Å². The van der Waals surface area contributed by atoms with E-state index in [1.807, 2.05) is 4.90 Å². The molecule has 0 aromatic heterocycles. The molecule has 2 atom stereocenters. The Balaban J connectivity index is 1.63. The number of ether oxygens (including phenoxy) is 1. The second-order valence-corrected chi connectivity index (χ2v) is 4.56. The lowest BCUT2D eigenvalue weighted by Crippen LogP contribution is -2.30. The first-order valence-electron chi connectivity index (χ1n) is 5.52. The molecule has 1 saturated carbocycles. The number of hydrogen-bond acceptors (Lipinski definition) is 3.